The number of ether oxygens (including phenoxy) is 1. The second-order valence-electron chi connectivity index (χ2n) is 6.70. The molecule has 1 unspecified atom stereocenters. The molecule has 0 amide bonds. The molecule has 1 aliphatic carbocycles. The topological polar surface area (TPSA) is 58.7 Å². The molecule has 122 valence electrons. The van der Waals surface area contributed by atoms with Gasteiger partial charge in [0, 0.05) is 29.6 Å². The molecule has 22 heavy (non-hydrogen) atoms. The molecule has 0 aromatic heterocycles. The lowest BCUT2D eigenvalue weighted by molar-refractivity contribution is -0.160. The van der Waals surface area contributed by atoms with Crippen LogP contribution in [0.3, 0.4) is 0 Å². The predicted octanol–water partition coefficient (Wildman–Crippen LogP) is 2.48. The van der Waals surface area contributed by atoms with Crippen LogP contribution < -0.4 is 5.73 Å². The molecule has 1 heterocycles. The van der Waals surface area contributed by atoms with E-state index in [4.69, 9.17) is 22.1 Å². The zero-order valence-corrected chi connectivity index (χ0v) is 13.8. The van der Waals surface area contributed by atoms with Crippen molar-refractivity contribution < 1.29 is 9.84 Å². The predicted molar refractivity (Wildman–Crippen MR) is 87.7 cm³/mol. The summed E-state index contributed by atoms with van der Waals surface area (Å²) < 4.78 is 5.44. The van der Waals surface area contributed by atoms with Gasteiger partial charge in [0.1, 0.15) is 0 Å². The van der Waals surface area contributed by atoms with Crippen LogP contribution in [-0.4, -0.2) is 41.7 Å². The average Bonchev–Trinajstić information content (AvgIpc) is 2.86. The van der Waals surface area contributed by atoms with Crippen molar-refractivity contribution in [2.75, 3.05) is 13.1 Å². The van der Waals surface area contributed by atoms with Crippen LogP contribution >= 0.6 is 11.6 Å². The van der Waals surface area contributed by atoms with E-state index in [1.165, 1.54) is 5.56 Å². The molecule has 0 bridgehead atoms. The summed E-state index contributed by atoms with van der Waals surface area (Å²) in [6.07, 6.45) is 3.44. The third-order valence-corrected chi connectivity index (χ3v) is 5.55. The first-order chi connectivity index (χ1) is 10.5. The zero-order valence-electron chi connectivity index (χ0n) is 13.0. The standard InChI is InChI=1S/C17H25ClN2O2/c1-12-10-20(16(21)22-12)15-5-7-17(11-19,8-6-15)13-3-2-4-14(18)9-13/h2-4,9,12,15-16,21H,5-8,10-11,19H2,1H3/t12-,15?,16?,17?/m1/s1. The molecule has 1 aromatic carbocycles. The van der Waals surface area contributed by atoms with Gasteiger partial charge in [0.05, 0.1) is 6.10 Å². The quantitative estimate of drug-likeness (QED) is 0.897. The fraction of sp³-hybridized carbons (Fsp3) is 0.647. The summed E-state index contributed by atoms with van der Waals surface area (Å²) in [5.41, 5.74) is 7.39. The van der Waals surface area contributed by atoms with E-state index in [2.05, 4.69) is 11.0 Å². The Kier molecular flexibility index (Phi) is 4.76. The summed E-state index contributed by atoms with van der Waals surface area (Å²) in [6, 6.07) is 8.46. The maximum absolute atomic E-state index is 10.0. The van der Waals surface area contributed by atoms with Gasteiger partial charge in [-0.25, -0.2) is 4.90 Å². The lowest BCUT2D eigenvalue weighted by Gasteiger charge is -2.43. The van der Waals surface area contributed by atoms with E-state index in [0.29, 0.717) is 12.6 Å². The van der Waals surface area contributed by atoms with Crippen LogP contribution in [0.2, 0.25) is 5.02 Å². The van der Waals surface area contributed by atoms with Gasteiger partial charge in [0.15, 0.2) is 0 Å². The van der Waals surface area contributed by atoms with Crippen LogP contribution in [0.15, 0.2) is 24.3 Å². The fourth-order valence-electron chi connectivity index (χ4n) is 3.96. The number of benzene rings is 1. The first kappa shape index (κ1) is 16.2. The first-order valence-electron chi connectivity index (χ1n) is 8.09. The Hall–Kier alpha value is -0.650. The zero-order chi connectivity index (χ0) is 15.7. The van der Waals surface area contributed by atoms with Crippen LogP contribution in [-0.2, 0) is 10.2 Å². The third kappa shape index (κ3) is 3.03. The van der Waals surface area contributed by atoms with Gasteiger partial charge >= 0.3 is 0 Å². The molecule has 2 aliphatic rings. The lowest BCUT2D eigenvalue weighted by atomic mass is 9.68. The summed E-state index contributed by atoms with van der Waals surface area (Å²) >= 11 is 6.15. The van der Waals surface area contributed by atoms with Crippen LogP contribution in [0.1, 0.15) is 38.2 Å². The van der Waals surface area contributed by atoms with E-state index < -0.39 is 6.41 Å². The maximum atomic E-state index is 10.0. The summed E-state index contributed by atoms with van der Waals surface area (Å²) in [5.74, 6) is 0. The molecule has 0 spiro atoms. The third-order valence-electron chi connectivity index (χ3n) is 5.31. The highest BCUT2D eigenvalue weighted by Crippen LogP contribution is 2.41. The van der Waals surface area contributed by atoms with Gasteiger partial charge in [-0.15, -0.1) is 0 Å². The number of nitrogens with zero attached hydrogens (tertiary/aromatic N) is 1. The fourth-order valence-corrected chi connectivity index (χ4v) is 4.15. The summed E-state index contributed by atoms with van der Waals surface area (Å²) in [7, 11) is 0. The summed E-state index contributed by atoms with van der Waals surface area (Å²) in [5, 5.41) is 10.8. The second-order valence-corrected chi connectivity index (χ2v) is 7.13. The first-order valence-corrected chi connectivity index (χ1v) is 8.47. The summed E-state index contributed by atoms with van der Waals surface area (Å²) in [6.45, 7) is 3.44. The lowest BCUT2D eigenvalue weighted by Crippen LogP contribution is -2.47. The van der Waals surface area contributed by atoms with Gasteiger partial charge in [-0.2, -0.15) is 0 Å². The number of hydrogen-bond donors (Lipinski definition) is 2. The maximum Gasteiger partial charge on any atom is 0.216 e. The molecule has 3 N–H and O–H groups in total. The largest absolute Gasteiger partial charge is 0.356 e. The number of rotatable bonds is 3. The minimum absolute atomic E-state index is 0.0125. The highest BCUT2D eigenvalue weighted by Gasteiger charge is 2.41. The van der Waals surface area contributed by atoms with Crippen molar-refractivity contribution in [3.8, 4) is 0 Å². The van der Waals surface area contributed by atoms with Crippen molar-refractivity contribution in [1.82, 2.24) is 4.90 Å². The van der Waals surface area contributed by atoms with Crippen molar-refractivity contribution in [2.24, 2.45) is 5.73 Å². The van der Waals surface area contributed by atoms with Gasteiger partial charge in [-0.3, -0.25) is 0 Å². The molecule has 5 heteroatoms. The van der Waals surface area contributed by atoms with Gasteiger partial charge in [0.25, 0.3) is 0 Å². The minimum atomic E-state index is -0.753. The van der Waals surface area contributed by atoms with Crippen molar-refractivity contribution in [1.29, 1.82) is 0 Å². The van der Waals surface area contributed by atoms with Crippen molar-refractivity contribution in [2.45, 2.75) is 56.6 Å². The number of aliphatic hydroxyl groups excluding tert-OH is 1. The molecule has 1 aliphatic heterocycles. The number of nitrogens with two attached hydrogens (primary N) is 1. The van der Waals surface area contributed by atoms with E-state index in [1.807, 2.05) is 25.1 Å². The van der Waals surface area contributed by atoms with E-state index >= 15 is 0 Å². The number of hydrogen-bond acceptors (Lipinski definition) is 4. The molecule has 4 nitrogen and oxygen atoms in total. The Morgan fingerprint density at radius 3 is 2.68 bits per heavy atom. The van der Waals surface area contributed by atoms with E-state index in [9.17, 15) is 5.11 Å². The van der Waals surface area contributed by atoms with E-state index in [0.717, 1.165) is 37.3 Å². The average molecular weight is 325 g/mol. The Bertz CT molecular complexity index is 517. The highest BCUT2D eigenvalue weighted by atomic mass is 35.5. The molecule has 3 rings (SSSR count). The van der Waals surface area contributed by atoms with Crippen molar-refractivity contribution in [3.05, 3.63) is 34.9 Å². The number of halogens is 1. The smallest absolute Gasteiger partial charge is 0.216 e. The van der Waals surface area contributed by atoms with E-state index in [-0.39, 0.29) is 11.5 Å². The Morgan fingerprint density at radius 1 is 1.41 bits per heavy atom. The molecular formula is C17H25ClN2O2. The Morgan fingerprint density at radius 2 is 2.14 bits per heavy atom. The van der Waals surface area contributed by atoms with Crippen LogP contribution in [0.4, 0.5) is 0 Å². The molecule has 2 fully saturated rings. The van der Waals surface area contributed by atoms with E-state index in [1.54, 1.807) is 0 Å². The number of aliphatic hydroxyl groups is 1. The molecular weight excluding hydrogens is 300 g/mol. The van der Waals surface area contributed by atoms with Gasteiger partial charge in [-0.05, 0) is 50.3 Å². The van der Waals surface area contributed by atoms with Gasteiger partial charge in [-0.1, -0.05) is 23.7 Å². The van der Waals surface area contributed by atoms with Crippen molar-refractivity contribution >= 4 is 11.6 Å². The monoisotopic (exact) mass is 324 g/mol. The van der Waals surface area contributed by atoms with Crippen LogP contribution in [0, 0.1) is 0 Å². The van der Waals surface area contributed by atoms with Crippen LogP contribution in [0.5, 0.6) is 0 Å². The second kappa shape index (κ2) is 6.46. The molecule has 1 saturated carbocycles. The molecule has 1 saturated heterocycles. The minimum Gasteiger partial charge on any atom is -0.356 e. The highest BCUT2D eigenvalue weighted by molar-refractivity contribution is 6.30. The summed E-state index contributed by atoms with van der Waals surface area (Å²) in [4.78, 5) is 2.09. The SMILES string of the molecule is C[C@@H]1CN(C2CCC(CN)(c3cccc(Cl)c3)CC2)C(O)O1. The Balaban J connectivity index is 1.71. The van der Waals surface area contributed by atoms with Gasteiger partial charge in [0.2, 0.25) is 6.41 Å². The molecule has 1 aromatic rings. The van der Waals surface area contributed by atoms with Gasteiger partial charge < -0.3 is 15.6 Å². The Labute approximate surface area is 137 Å². The van der Waals surface area contributed by atoms with Crippen molar-refractivity contribution in [3.63, 3.8) is 0 Å². The molecule has 2 atom stereocenters. The molecule has 0 radical (unpaired) electrons. The normalized spacial score (nSPS) is 36.6. The van der Waals surface area contributed by atoms with Crippen LogP contribution in [0.25, 0.3) is 0 Å².